The standard InChI is InChI=1S/C20H22ClN3O3/c1-12-11-23(20(26)27)8-9-24(12)19(25)13-6-7-15-17(10-13)22-16-5-3-2-4-14(16)18(15)21/h6-7,10,12H,2-5,8-9,11H2,1H3,(H,26,27). The Morgan fingerprint density at radius 2 is 2.00 bits per heavy atom. The molecular weight excluding hydrogens is 366 g/mol. The first-order valence-electron chi connectivity index (χ1n) is 9.35. The minimum atomic E-state index is -0.941. The Morgan fingerprint density at radius 1 is 1.22 bits per heavy atom. The van der Waals surface area contributed by atoms with Crippen molar-refractivity contribution in [2.45, 2.75) is 38.6 Å². The molecule has 2 aromatic rings. The molecule has 1 aliphatic carbocycles. The highest BCUT2D eigenvalue weighted by atomic mass is 35.5. The van der Waals surface area contributed by atoms with Gasteiger partial charge in [0.05, 0.1) is 10.5 Å². The number of carboxylic acid groups (broad SMARTS) is 1. The summed E-state index contributed by atoms with van der Waals surface area (Å²) in [4.78, 5) is 32.0. The molecule has 7 heteroatoms. The first kappa shape index (κ1) is 18.0. The Kier molecular flexibility index (Phi) is 4.68. The molecule has 0 radical (unpaired) electrons. The minimum Gasteiger partial charge on any atom is -0.465 e. The Bertz CT molecular complexity index is 930. The average Bonchev–Trinajstić information content (AvgIpc) is 2.67. The van der Waals surface area contributed by atoms with E-state index in [1.54, 1.807) is 11.0 Å². The van der Waals surface area contributed by atoms with E-state index in [0.29, 0.717) is 25.2 Å². The fourth-order valence-electron chi connectivity index (χ4n) is 4.10. The summed E-state index contributed by atoms with van der Waals surface area (Å²) in [6, 6.07) is 5.32. The second kappa shape index (κ2) is 7.00. The van der Waals surface area contributed by atoms with E-state index in [4.69, 9.17) is 21.7 Å². The topological polar surface area (TPSA) is 73.7 Å². The van der Waals surface area contributed by atoms with Crippen LogP contribution in [0.2, 0.25) is 5.02 Å². The first-order valence-corrected chi connectivity index (χ1v) is 9.73. The highest BCUT2D eigenvalue weighted by Crippen LogP contribution is 2.33. The van der Waals surface area contributed by atoms with Crippen LogP contribution in [0, 0.1) is 0 Å². The normalized spacial score (nSPS) is 19.9. The van der Waals surface area contributed by atoms with Crippen molar-refractivity contribution >= 4 is 34.5 Å². The third-order valence-electron chi connectivity index (χ3n) is 5.60. The molecule has 2 heterocycles. The molecule has 0 bridgehead atoms. The lowest BCUT2D eigenvalue weighted by Gasteiger charge is -2.38. The van der Waals surface area contributed by atoms with E-state index in [0.717, 1.165) is 52.9 Å². The largest absolute Gasteiger partial charge is 0.465 e. The SMILES string of the molecule is CC1CN(C(=O)O)CCN1C(=O)c1ccc2c(Cl)c3c(nc2c1)CCCC3. The zero-order valence-corrected chi connectivity index (χ0v) is 16.0. The van der Waals surface area contributed by atoms with Crippen LogP contribution in [0.1, 0.15) is 41.4 Å². The molecule has 1 aromatic heterocycles. The van der Waals surface area contributed by atoms with Gasteiger partial charge < -0.3 is 14.9 Å². The number of rotatable bonds is 1. The molecule has 0 saturated carbocycles. The highest BCUT2D eigenvalue weighted by Gasteiger charge is 2.30. The quantitative estimate of drug-likeness (QED) is 0.811. The van der Waals surface area contributed by atoms with Crippen LogP contribution < -0.4 is 0 Å². The lowest BCUT2D eigenvalue weighted by molar-refractivity contribution is 0.0484. The number of carbonyl (C=O) groups excluding carboxylic acids is 1. The number of carbonyl (C=O) groups is 2. The summed E-state index contributed by atoms with van der Waals surface area (Å²) in [7, 11) is 0. The van der Waals surface area contributed by atoms with E-state index in [-0.39, 0.29) is 11.9 Å². The lowest BCUT2D eigenvalue weighted by atomic mass is 9.94. The van der Waals surface area contributed by atoms with Gasteiger partial charge in [0.25, 0.3) is 5.91 Å². The minimum absolute atomic E-state index is 0.0925. The molecule has 4 rings (SSSR count). The Morgan fingerprint density at radius 3 is 2.74 bits per heavy atom. The maximum atomic E-state index is 13.0. The number of halogens is 1. The highest BCUT2D eigenvalue weighted by molar-refractivity contribution is 6.36. The fraction of sp³-hybridized carbons (Fsp3) is 0.450. The van der Waals surface area contributed by atoms with Crippen molar-refractivity contribution in [3.63, 3.8) is 0 Å². The second-order valence-corrected chi connectivity index (χ2v) is 7.74. The van der Waals surface area contributed by atoms with Gasteiger partial charge >= 0.3 is 6.09 Å². The molecule has 2 aliphatic rings. The van der Waals surface area contributed by atoms with E-state index in [2.05, 4.69) is 0 Å². The van der Waals surface area contributed by atoms with E-state index in [1.807, 2.05) is 19.1 Å². The molecule has 0 spiro atoms. The van der Waals surface area contributed by atoms with Gasteiger partial charge in [0.1, 0.15) is 0 Å². The Balaban J connectivity index is 1.64. The summed E-state index contributed by atoms with van der Waals surface area (Å²) in [5.41, 5.74) is 3.51. The van der Waals surface area contributed by atoms with Gasteiger partial charge in [0.2, 0.25) is 0 Å². The number of hydrogen-bond acceptors (Lipinski definition) is 3. The molecule has 6 nitrogen and oxygen atoms in total. The van der Waals surface area contributed by atoms with Gasteiger partial charge in [-0.2, -0.15) is 0 Å². The zero-order valence-electron chi connectivity index (χ0n) is 15.2. The van der Waals surface area contributed by atoms with E-state index < -0.39 is 6.09 Å². The molecule has 142 valence electrons. The number of aromatic nitrogens is 1. The van der Waals surface area contributed by atoms with Crippen LogP contribution in [0.4, 0.5) is 4.79 Å². The summed E-state index contributed by atoms with van der Waals surface area (Å²) in [6.45, 7) is 2.92. The molecule has 27 heavy (non-hydrogen) atoms. The van der Waals surface area contributed by atoms with Crippen LogP contribution in [-0.4, -0.2) is 57.6 Å². The maximum Gasteiger partial charge on any atom is 0.407 e. The first-order chi connectivity index (χ1) is 13.0. The van der Waals surface area contributed by atoms with Gasteiger partial charge in [-0.25, -0.2) is 4.79 Å². The number of nitrogens with zero attached hydrogens (tertiary/aromatic N) is 3. The zero-order chi connectivity index (χ0) is 19.1. The van der Waals surface area contributed by atoms with Crippen LogP contribution >= 0.6 is 11.6 Å². The number of aryl methyl sites for hydroxylation is 1. The summed E-state index contributed by atoms with van der Waals surface area (Å²) in [5.74, 6) is -0.0925. The number of pyridine rings is 1. The number of benzene rings is 1. The van der Waals surface area contributed by atoms with Gasteiger partial charge in [-0.1, -0.05) is 17.7 Å². The lowest BCUT2D eigenvalue weighted by Crippen LogP contribution is -2.55. The Hall–Kier alpha value is -2.34. The molecule has 1 atom stereocenters. The molecule has 2 amide bonds. The molecule has 1 saturated heterocycles. The number of amides is 2. The number of hydrogen-bond donors (Lipinski definition) is 1. The molecule has 1 aromatic carbocycles. The average molecular weight is 388 g/mol. The number of piperazine rings is 1. The smallest absolute Gasteiger partial charge is 0.407 e. The molecule has 1 fully saturated rings. The summed E-state index contributed by atoms with van der Waals surface area (Å²) >= 11 is 6.61. The van der Waals surface area contributed by atoms with Gasteiger partial charge in [-0.3, -0.25) is 9.78 Å². The predicted octanol–water partition coefficient (Wildman–Crippen LogP) is 3.59. The van der Waals surface area contributed by atoms with Crippen molar-refractivity contribution < 1.29 is 14.7 Å². The van der Waals surface area contributed by atoms with Crippen molar-refractivity contribution in [3.8, 4) is 0 Å². The fourth-order valence-corrected chi connectivity index (χ4v) is 4.46. The third kappa shape index (κ3) is 3.23. The van der Waals surface area contributed by atoms with E-state index in [1.165, 1.54) is 4.90 Å². The van der Waals surface area contributed by atoms with Gasteiger partial charge in [-0.15, -0.1) is 0 Å². The van der Waals surface area contributed by atoms with Crippen LogP contribution in [0.25, 0.3) is 10.9 Å². The van der Waals surface area contributed by atoms with Crippen LogP contribution in [0.5, 0.6) is 0 Å². The van der Waals surface area contributed by atoms with E-state index in [9.17, 15) is 9.59 Å². The van der Waals surface area contributed by atoms with E-state index >= 15 is 0 Å². The van der Waals surface area contributed by atoms with Crippen LogP contribution in [0.15, 0.2) is 18.2 Å². The predicted molar refractivity (Wildman–Crippen MR) is 103 cm³/mol. The van der Waals surface area contributed by atoms with Gasteiger partial charge in [0.15, 0.2) is 0 Å². The molecule has 1 aliphatic heterocycles. The third-order valence-corrected chi connectivity index (χ3v) is 6.03. The number of fused-ring (bicyclic) bond motifs is 2. The van der Waals surface area contributed by atoms with Crippen molar-refractivity contribution in [2.24, 2.45) is 0 Å². The van der Waals surface area contributed by atoms with Crippen LogP contribution in [0.3, 0.4) is 0 Å². The van der Waals surface area contributed by atoms with Crippen molar-refractivity contribution in [2.75, 3.05) is 19.6 Å². The molecule has 1 unspecified atom stereocenters. The van der Waals surface area contributed by atoms with Gasteiger partial charge in [-0.05, 0) is 50.3 Å². The van der Waals surface area contributed by atoms with Crippen LogP contribution in [-0.2, 0) is 12.8 Å². The van der Waals surface area contributed by atoms with Crippen molar-refractivity contribution in [3.05, 3.63) is 40.0 Å². The van der Waals surface area contributed by atoms with Crippen molar-refractivity contribution in [1.29, 1.82) is 0 Å². The summed E-state index contributed by atoms with van der Waals surface area (Å²) in [6.07, 6.45) is 3.20. The van der Waals surface area contributed by atoms with Crippen molar-refractivity contribution in [1.82, 2.24) is 14.8 Å². The molecular formula is C20H22ClN3O3. The Labute approximate surface area is 162 Å². The monoisotopic (exact) mass is 387 g/mol. The summed E-state index contributed by atoms with van der Waals surface area (Å²) < 4.78 is 0. The maximum absolute atomic E-state index is 13.0. The molecule has 1 N–H and O–H groups in total. The second-order valence-electron chi connectivity index (χ2n) is 7.37. The summed E-state index contributed by atoms with van der Waals surface area (Å²) in [5, 5.41) is 10.8. The van der Waals surface area contributed by atoms with Gasteiger partial charge in [0, 0.05) is 42.3 Å².